The first-order chi connectivity index (χ1) is 12.7. The normalized spacial score (nSPS) is 21.0. The Morgan fingerprint density at radius 3 is 2.48 bits per heavy atom. The zero-order valence-electron chi connectivity index (χ0n) is 17.1. The van der Waals surface area contributed by atoms with Gasteiger partial charge in [0.05, 0.1) is 36.2 Å². The van der Waals surface area contributed by atoms with Gasteiger partial charge in [0.1, 0.15) is 6.61 Å². The summed E-state index contributed by atoms with van der Waals surface area (Å²) in [6.07, 6.45) is 1.80. The van der Waals surface area contributed by atoms with E-state index in [1.54, 1.807) is 6.20 Å². The molecule has 0 unspecified atom stereocenters. The summed E-state index contributed by atoms with van der Waals surface area (Å²) in [7, 11) is 1.62. The molecule has 0 saturated carbocycles. The summed E-state index contributed by atoms with van der Waals surface area (Å²) in [5.41, 5.74) is 3.90. The van der Waals surface area contributed by atoms with Gasteiger partial charge >= 0.3 is 7.12 Å². The van der Waals surface area contributed by atoms with Crippen LogP contribution in [0.5, 0.6) is 5.75 Å². The Labute approximate surface area is 161 Å². The lowest BCUT2D eigenvalue weighted by Gasteiger charge is -2.32. The van der Waals surface area contributed by atoms with Crippen molar-refractivity contribution in [3.63, 3.8) is 0 Å². The maximum Gasteiger partial charge on any atom is 0.494 e. The molecule has 1 aromatic carbocycles. The number of rotatable bonds is 2. The summed E-state index contributed by atoms with van der Waals surface area (Å²) in [6, 6.07) is 6.45. The van der Waals surface area contributed by atoms with Gasteiger partial charge in [-0.1, -0.05) is 12.1 Å². The van der Waals surface area contributed by atoms with Gasteiger partial charge in [-0.3, -0.25) is 4.68 Å². The fourth-order valence-corrected chi connectivity index (χ4v) is 3.63. The summed E-state index contributed by atoms with van der Waals surface area (Å²) in [5.74, 6) is 0.881. The number of ether oxygens (including phenoxy) is 1. The maximum atomic E-state index is 6.19. The Morgan fingerprint density at radius 1 is 1.11 bits per heavy atom. The van der Waals surface area contributed by atoms with Gasteiger partial charge in [0.2, 0.25) is 0 Å². The first-order valence-electron chi connectivity index (χ1n) is 9.53. The number of nitrogens with zero attached hydrogens (tertiary/aromatic N) is 3. The molecule has 7 heteroatoms. The Morgan fingerprint density at radius 2 is 1.81 bits per heavy atom. The third-order valence-electron chi connectivity index (χ3n) is 6.07. The fraction of sp³-hybridized carbons (Fsp3) is 0.550. The lowest BCUT2D eigenvalue weighted by Crippen LogP contribution is -2.41. The van der Waals surface area contributed by atoms with Crippen molar-refractivity contribution in [2.75, 3.05) is 18.1 Å². The molecule has 1 fully saturated rings. The second-order valence-corrected chi connectivity index (χ2v) is 8.48. The van der Waals surface area contributed by atoms with Crippen molar-refractivity contribution in [3.8, 4) is 5.75 Å². The van der Waals surface area contributed by atoms with Crippen molar-refractivity contribution < 1.29 is 14.0 Å². The molecule has 27 heavy (non-hydrogen) atoms. The fourth-order valence-electron chi connectivity index (χ4n) is 3.63. The first kappa shape index (κ1) is 18.4. The Hall–Kier alpha value is -1.99. The smallest absolute Gasteiger partial charge is 0.488 e. The van der Waals surface area contributed by atoms with Crippen molar-refractivity contribution >= 4 is 18.3 Å². The van der Waals surface area contributed by atoms with Gasteiger partial charge in [-0.15, -0.1) is 0 Å². The molecule has 4 rings (SSSR count). The van der Waals surface area contributed by atoms with Gasteiger partial charge in [0.15, 0.2) is 5.75 Å². The Balaban J connectivity index is 1.59. The van der Waals surface area contributed by atoms with Crippen molar-refractivity contribution in [3.05, 3.63) is 35.7 Å². The number of fused-ring (bicyclic) bond motifs is 1. The van der Waals surface area contributed by atoms with Crippen LogP contribution in [0.4, 0.5) is 5.69 Å². The van der Waals surface area contributed by atoms with E-state index in [0.29, 0.717) is 6.61 Å². The third-order valence-corrected chi connectivity index (χ3v) is 6.07. The molecule has 2 aliphatic rings. The molecule has 2 aromatic rings. The van der Waals surface area contributed by atoms with Crippen LogP contribution in [-0.4, -0.2) is 41.3 Å². The van der Waals surface area contributed by atoms with E-state index in [0.717, 1.165) is 30.0 Å². The molecule has 1 saturated heterocycles. The summed E-state index contributed by atoms with van der Waals surface area (Å²) >= 11 is 0. The second kappa shape index (κ2) is 6.28. The molecule has 144 valence electrons. The van der Waals surface area contributed by atoms with E-state index < -0.39 is 0 Å². The van der Waals surface area contributed by atoms with Crippen molar-refractivity contribution in [2.45, 2.75) is 52.4 Å². The molecule has 6 nitrogen and oxygen atoms in total. The highest BCUT2D eigenvalue weighted by molar-refractivity contribution is 6.62. The average molecular weight is 369 g/mol. The number of benzene rings is 1. The van der Waals surface area contributed by atoms with Crippen molar-refractivity contribution in [2.24, 2.45) is 7.05 Å². The van der Waals surface area contributed by atoms with Crippen LogP contribution >= 0.6 is 0 Å². The zero-order valence-corrected chi connectivity index (χ0v) is 17.1. The van der Waals surface area contributed by atoms with Gasteiger partial charge in [-0.05, 0) is 51.7 Å². The van der Waals surface area contributed by atoms with E-state index in [1.807, 2.05) is 11.7 Å². The van der Waals surface area contributed by atoms with Crippen LogP contribution in [0.1, 0.15) is 39.0 Å². The minimum absolute atomic E-state index is 0.331. The van der Waals surface area contributed by atoms with Gasteiger partial charge in [0.25, 0.3) is 0 Å². The first-order valence-corrected chi connectivity index (χ1v) is 9.53. The van der Waals surface area contributed by atoms with Crippen molar-refractivity contribution in [1.82, 2.24) is 9.78 Å². The number of aryl methyl sites for hydroxylation is 2. The van der Waals surface area contributed by atoms with Gasteiger partial charge in [0, 0.05) is 12.7 Å². The highest BCUT2D eigenvalue weighted by atomic mass is 16.7. The Kier molecular flexibility index (Phi) is 4.27. The van der Waals surface area contributed by atoms with Crippen LogP contribution in [-0.2, 0) is 22.9 Å². The molecule has 1 aromatic heterocycles. The molecular weight excluding hydrogens is 341 g/mol. The average Bonchev–Trinajstić information content (AvgIpc) is 2.94. The molecule has 3 heterocycles. The van der Waals surface area contributed by atoms with E-state index in [1.165, 1.54) is 11.3 Å². The predicted octanol–water partition coefficient (Wildman–Crippen LogP) is 2.43. The summed E-state index contributed by atoms with van der Waals surface area (Å²) < 4.78 is 20.1. The monoisotopic (exact) mass is 369 g/mol. The molecule has 0 atom stereocenters. The van der Waals surface area contributed by atoms with E-state index >= 15 is 0 Å². The quantitative estimate of drug-likeness (QED) is 0.761. The standard InChI is InChI=1S/C20H28BN3O3/c1-14-11-15(21-26-19(2,3)20(4,5)27-21)7-8-16(14)24-9-10-25-18-12-22-23(6)17(18)13-24/h7-8,11-12H,9-10,13H2,1-6H3. The minimum Gasteiger partial charge on any atom is -0.488 e. The van der Waals surface area contributed by atoms with E-state index in [-0.39, 0.29) is 18.3 Å². The molecule has 0 amide bonds. The summed E-state index contributed by atoms with van der Waals surface area (Å²) in [5, 5.41) is 4.32. The van der Waals surface area contributed by atoms with Gasteiger partial charge in [-0.2, -0.15) is 5.10 Å². The number of anilines is 1. The molecule has 2 aliphatic heterocycles. The largest absolute Gasteiger partial charge is 0.494 e. The summed E-state index contributed by atoms with van der Waals surface area (Å²) in [6.45, 7) is 12.7. The lowest BCUT2D eigenvalue weighted by atomic mass is 9.78. The molecule has 0 radical (unpaired) electrons. The van der Waals surface area contributed by atoms with E-state index in [4.69, 9.17) is 14.0 Å². The highest BCUT2D eigenvalue weighted by Crippen LogP contribution is 2.37. The Bertz CT molecular complexity index is 846. The number of aromatic nitrogens is 2. The topological polar surface area (TPSA) is 48.8 Å². The van der Waals surface area contributed by atoms with Crippen LogP contribution in [0.3, 0.4) is 0 Å². The summed E-state index contributed by atoms with van der Waals surface area (Å²) in [4.78, 5) is 2.34. The maximum absolute atomic E-state index is 6.19. The number of hydrogen-bond acceptors (Lipinski definition) is 5. The minimum atomic E-state index is -0.334. The molecular formula is C20H28BN3O3. The van der Waals surface area contributed by atoms with E-state index in [2.05, 4.69) is 62.8 Å². The van der Waals surface area contributed by atoms with Crippen LogP contribution in [0.25, 0.3) is 0 Å². The SMILES string of the molecule is Cc1cc(B2OC(C)(C)C(C)(C)O2)ccc1N1CCOc2cnn(C)c2C1. The second-order valence-electron chi connectivity index (χ2n) is 8.48. The van der Waals surface area contributed by atoms with Crippen LogP contribution < -0.4 is 15.1 Å². The number of hydrogen-bond donors (Lipinski definition) is 0. The van der Waals surface area contributed by atoms with E-state index in [9.17, 15) is 0 Å². The van der Waals surface area contributed by atoms with Gasteiger partial charge < -0.3 is 18.9 Å². The molecule has 0 bridgehead atoms. The van der Waals surface area contributed by atoms with Crippen LogP contribution in [0.2, 0.25) is 0 Å². The predicted molar refractivity (Wildman–Crippen MR) is 107 cm³/mol. The lowest BCUT2D eigenvalue weighted by molar-refractivity contribution is 0.00578. The zero-order chi connectivity index (χ0) is 19.4. The third kappa shape index (κ3) is 3.13. The molecule has 0 N–H and O–H groups in total. The molecule has 0 spiro atoms. The molecule has 0 aliphatic carbocycles. The van der Waals surface area contributed by atoms with Gasteiger partial charge in [-0.25, -0.2) is 0 Å². The van der Waals surface area contributed by atoms with Crippen molar-refractivity contribution in [1.29, 1.82) is 0 Å². The van der Waals surface area contributed by atoms with Crippen LogP contribution in [0.15, 0.2) is 24.4 Å². The highest BCUT2D eigenvalue weighted by Gasteiger charge is 2.51. The van der Waals surface area contributed by atoms with Crippen LogP contribution in [0, 0.1) is 6.92 Å².